The Bertz CT molecular complexity index is 1420. The minimum atomic E-state index is -0.181. The molecule has 3 aromatic carbocycles. The average molecular weight is 429 g/mol. The van der Waals surface area contributed by atoms with E-state index in [1.54, 1.807) is 23.4 Å². The summed E-state index contributed by atoms with van der Waals surface area (Å²) in [5.74, 6) is 1.47. The lowest BCUT2D eigenvalue weighted by atomic mass is 10.2. The van der Waals surface area contributed by atoms with E-state index in [2.05, 4.69) is 12.1 Å². The van der Waals surface area contributed by atoms with Gasteiger partial charge < -0.3 is 9.15 Å². The second kappa shape index (κ2) is 8.32. The van der Waals surface area contributed by atoms with E-state index in [-0.39, 0.29) is 11.1 Å². The van der Waals surface area contributed by atoms with Gasteiger partial charge in [-0.15, -0.1) is 0 Å². The molecule has 2 aromatic heterocycles. The van der Waals surface area contributed by atoms with Gasteiger partial charge in [-0.25, -0.2) is 4.98 Å². The van der Waals surface area contributed by atoms with Crippen LogP contribution < -0.4 is 10.3 Å². The number of hydrogen-bond donors (Lipinski definition) is 0. The topological polar surface area (TPSA) is 57.3 Å². The fourth-order valence-electron chi connectivity index (χ4n) is 3.58. The predicted octanol–water partition coefficient (Wildman–Crippen LogP) is 5.49. The molecule has 0 amide bonds. The van der Waals surface area contributed by atoms with Crippen LogP contribution in [0.3, 0.4) is 0 Å². The summed E-state index contributed by atoms with van der Waals surface area (Å²) in [6.07, 6.45) is 0. The SMILES string of the molecule is COc1cccc(Cn2c(SCc3ccccc3)nc3c(oc4ccccc43)c2=O)c1. The van der Waals surface area contributed by atoms with Crippen molar-refractivity contribution in [2.24, 2.45) is 0 Å². The quantitative estimate of drug-likeness (QED) is 0.264. The molecule has 0 spiro atoms. The number of methoxy groups -OCH3 is 1. The van der Waals surface area contributed by atoms with Crippen molar-refractivity contribution in [3.8, 4) is 5.75 Å². The molecule has 0 saturated carbocycles. The first kappa shape index (κ1) is 19.5. The third-order valence-electron chi connectivity index (χ3n) is 5.13. The molecule has 0 N–H and O–H groups in total. The maximum absolute atomic E-state index is 13.5. The molecular formula is C25H20N2O3S. The Labute approximate surface area is 183 Å². The number of hydrogen-bond acceptors (Lipinski definition) is 5. The molecule has 6 heteroatoms. The number of furan rings is 1. The van der Waals surface area contributed by atoms with E-state index < -0.39 is 0 Å². The molecule has 0 aliphatic heterocycles. The maximum atomic E-state index is 13.5. The third-order valence-corrected chi connectivity index (χ3v) is 6.18. The highest BCUT2D eigenvalue weighted by molar-refractivity contribution is 7.98. The molecule has 5 aromatic rings. The van der Waals surface area contributed by atoms with Gasteiger partial charge in [0.15, 0.2) is 5.16 Å². The molecule has 2 heterocycles. The lowest BCUT2D eigenvalue weighted by Gasteiger charge is -2.12. The van der Waals surface area contributed by atoms with Crippen LogP contribution in [0.2, 0.25) is 0 Å². The maximum Gasteiger partial charge on any atom is 0.298 e. The number of fused-ring (bicyclic) bond motifs is 3. The Kier molecular flexibility index (Phi) is 5.22. The largest absolute Gasteiger partial charge is 0.497 e. The van der Waals surface area contributed by atoms with E-state index >= 15 is 0 Å². The summed E-state index contributed by atoms with van der Waals surface area (Å²) in [6.45, 7) is 0.382. The molecule has 31 heavy (non-hydrogen) atoms. The Morgan fingerprint density at radius 2 is 1.74 bits per heavy atom. The summed E-state index contributed by atoms with van der Waals surface area (Å²) in [7, 11) is 1.63. The van der Waals surface area contributed by atoms with Crippen molar-refractivity contribution in [3.05, 3.63) is 100 Å². The van der Waals surface area contributed by atoms with Crippen LogP contribution in [0.1, 0.15) is 11.1 Å². The zero-order valence-corrected chi connectivity index (χ0v) is 17.8. The number of aromatic nitrogens is 2. The summed E-state index contributed by atoms with van der Waals surface area (Å²) >= 11 is 1.55. The molecule has 0 bridgehead atoms. The van der Waals surface area contributed by atoms with Crippen molar-refractivity contribution in [1.82, 2.24) is 9.55 Å². The number of nitrogens with zero attached hydrogens (tertiary/aromatic N) is 2. The molecule has 5 rings (SSSR count). The summed E-state index contributed by atoms with van der Waals surface area (Å²) in [4.78, 5) is 18.4. The minimum absolute atomic E-state index is 0.181. The normalized spacial score (nSPS) is 11.3. The highest BCUT2D eigenvalue weighted by atomic mass is 32.2. The second-order valence-corrected chi connectivity index (χ2v) is 8.13. The lowest BCUT2D eigenvalue weighted by Crippen LogP contribution is -2.23. The van der Waals surface area contributed by atoms with Gasteiger partial charge in [-0.05, 0) is 35.4 Å². The van der Waals surface area contributed by atoms with Gasteiger partial charge in [0.2, 0.25) is 5.58 Å². The zero-order valence-electron chi connectivity index (χ0n) is 16.9. The van der Waals surface area contributed by atoms with Crippen molar-refractivity contribution >= 4 is 33.8 Å². The van der Waals surface area contributed by atoms with E-state index in [1.807, 2.05) is 66.7 Å². The van der Waals surface area contributed by atoms with Gasteiger partial charge in [0.1, 0.15) is 16.8 Å². The molecule has 0 unspecified atom stereocenters. The van der Waals surface area contributed by atoms with Gasteiger partial charge in [-0.1, -0.05) is 66.4 Å². The van der Waals surface area contributed by atoms with Crippen molar-refractivity contribution in [1.29, 1.82) is 0 Å². The fourth-order valence-corrected chi connectivity index (χ4v) is 4.53. The second-order valence-electron chi connectivity index (χ2n) is 7.19. The van der Waals surface area contributed by atoms with Gasteiger partial charge in [0, 0.05) is 11.1 Å². The molecule has 0 atom stereocenters. The van der Waals surface area contributed by atoms with Gasteiger partial charge >= 0.3 is 0 Å². The van der Waals surface area contributed by atoms with E-state index in [0.29, 0.717) is 28.6 Å². The van der Waals surface area contributed by atoms with Crippen LogP contribution >= 0.6 is 11.8 Å². The Hall–Kier alpha value is -3.51. The van der Waals surface area contributed by atoms with Crippen molar-refractivity contribution in [2.75, 3.05) is 7.11 Å². The first-order valence-corrected chi connectivity index (χ1v) is 10.9. The van der Waals surface area contributed by atoms with Crippen LogP contribution in [-0.4, -0.2) is 16.7 Å². The number of rotatable bonds is 6. The molecule has 0 saturated heterocycles. The van der Waals surface area contributed by atoms with Crippen molar-refractivity contribution < 1.29 is 9.15 Å². The lowest BCUT2D eigenvalue weighted by molar-refractivity contribution is 0.414. The summed E-state index contributed by atoms with van der Waals surface area (Å²) < 4.78 is 12.9. The van der Waals surface area contributed by atoms with Crippen LogP contribution in [0.25, 0.3) is 22.1 Å². The summed E-state index contributed by atoms with van der Waals surface area (Å²) in [5, 5.41) is 1.51. The molecular weight excluding hydrogens is 408 g/mol. The monoisotopic (exact) mass is 428 g/mol. The number of ether oxygens (including phenoxy) is 1. The van der Waals surface area contributed by atoms with Crippen molar-refractivity contribution in [2.45, 2.75) is 17.5 Å². The highest BCUT2D eigenvalue weighted by Gasteiger charge is 2.18. The zero-order chi connectivity index (χ0) is 21.2. The van der Waals surface area contributed by atoms with Gasteiger partial charge in [0.05, 0.1) is 13.7 Å². The first-order chi connectivity index (χ1) is 15.2. The number of thioether (sulfide) groups is 1. The van der Waals surface area contributed by atoms with Gasteiger partial charge in [-0.2, -0.15) is 0 Å². The van der Waals surface area contributed by atoms with Crippen LogP contribution in [0.5, 0.6) is 5.75 Å². The Balaban J connectivity index is 1.64. The first-order valence-electron chi connectivity index (χ1n) is 9.94. The molecule has 154 valence electrons. The summed E-state index contributed by atoms with van der Waals surface area (Å²) in [6, 6.07) is 25.5. The molecule has 0 fully saturated rings. The molecule has 0 aliphatic carbocycles. The highest BCUT2D eigenvalue weighted by Crippen LogP contribution is 2.29. The van der Waals surface area contributed by atoms with Crippen LogP contribution in [-0.2, 0) is 12.3 Å². The van der Waals surface area contributed by atoms with Crippen LogP contribution in [0, 0.1) is 0 Å². The molecule has 0 aliphatic rings. The molecule has 5 nitrogen and oxygen atoms in total. The fraction of sp³-hybridized carbons (Fsp3) is 0.120. The van der Waals surface area contributed by atoms with Crippen molar-refractivity contribution in [3.63, 3.8) is 0 Å². The standard InChI is InChI=1S/C25H20N2O3S/c1-29-19-11-7-10-18(14-19)15-27-24(28)23-22(20-12-5-6-13-21(20)30-23)26-25(27)31-16-17-8-3-2-4-9-17/h2-14H,15-16H2,1H3. The minimum Gasteiger partial charge on any atom is -0.497 e. The smallest absolute Gasteiger partial charge is 0.298 e. The summed E-state index contributed by atoms with van der Waals surface area (Å²) in [5.41, 5.74) is 3.51. The van der Waals surface area contributed by atoms with Gasteiger partial charge in [0.25, 0.3) is 5.56 Å². The Morgan fingerprint density at radius 1 is 0.968 bits per heavy atom. The van der Waals surface area contributed by atoms with E-state index in [4.69, 9.17) is 14.1 Å². The van der Waals surface area contributed by atoms with E-state index in [9.17, 15) is 4.79 Å². The third kappa shape index (κ3) is 3.82. The average Bonchev–Trinajstić information content (AvgIpc) is 3.19. The van der Waals surface area contributed by atoms with Crippen LogP contribution in [0.4, 0.5) is 0 Å². The number of benzene rings is 3. The number of para-hydroxylation sites is 1. The van der Waals surface area contributed by atoms with Crippen LogP contribution in [0.15, 0.2) is 93.2 Å². The van der Waals surface area contributed by atoms with E-state index in [0.717, 1.165) is 16.7 Å². The predicted molar refractivity (Wildman–Crippen MR) is 124 cm³/mol. The van der Waals surface area contributed by atoms with Gasteiger partial charge in [-0.3, -0.25) is 9.36 Å². The van der Waals surface area contributed by atoms with E-state index in [1.165, 1.54) is 5.56 Å². The molecule has 0 radical (unpaired) electrons. The Morgan fingerprint density at radius 3 is 2.58 bits per heavy atom.